The van der Waals surface area contributed by atoms with Crippen molar-refractivity contribution in [2.45, 2.75) is 26.2 Å². The zero-order chi connectivity index (χ0) is 14.2. The van der Waals surface area contributed by atoms with Crippen LogP contribution >= 0.6 is 27.5 Å². The van der Waals surface area contributed by atoms with Gasteiger partial charge in [0.25, 0.3) is 5.56 Å². The van der Waals surface area contributed by atoms with Crippen molar-refractivity contribution in [1.82, 2.24) is 9.97 Å². The topological polar surface area (TPSA) is 45.8 Å². The molecule has 0 saturated heterocycles. The zero-order valence-corrected chi connectivity index (χ0v) is 13.3. The summed E-state index contributed by atoms with van der Waals surface area (Å²) in [6, 6.07) is 7.00. The molecule has 0 atom stereocenters. The molecule has 2 rings (SSSR count). The summed E-state index contributed by atoms with van der Waals surface area (Å²) >= 11 is 9.54. The van der Waals surface area contributed by atoms with E-state index in [1.165, 1.54) is 6.07 Å². The monoisotopic (exact) mass is 340 g/mol. The van der Waals surface area contributed by atoms with E-state index >= 15 is 0 Å². The highest BCUT2D eigenvalue weighted by molar-refractivity contribution is 9.10. The van der Waals surface area contributed by atoms with Crippen LogP contribution in [0.5, 0.6) is 0 Å². The first-order valence-corrected chi connectivity index (χ1v) is 7.02. The number of nitrogens with zero attached hydrogens (tertiary/aromatic N) is 1. The van der Waals surface area contributed by atoms with E-state index in [0.29, 0.717) is 16.4 Å². The molecule has 0 bridgehead atoms. The summed E-state index contributed by atoms with van der Waals surface area (Å²) in [5.74, 6) is 0.495. The Morgan fingerprint density at radius 1 is 1.26 bits per heavy atom. The van der Waals surface area contributed by atoms with Crippen LogP contribution in [-0.4, -0.2) is 9.97 Å². The van der Waals surface area contributed by atoms with E-state index in [4.69, 9.17) is 11.6 Å². The first-order chi connectivity index (χ1) is 8.77. The highest BCUT2D eigenvalue weighted by Gasteiger charge is 2.18. The average Bonchev–Trinajstić information content (AvgIpc) is 2.26. The minimum Gasteiger partial charge on any atom is -0.306 e. The predicted molar refractivity (Wildman–Crippen MR) is 81.7 cm³/mol. The summed E-state index contributed by atoms with van der Waals surface area (Å²) in [4.78, 5) is 19.0. The molecule has 1 N–H and O–H groups in total. The molecule has 0 amide bonds. The predicted octanol–water partition coefficient (Wildman–Crippen LogP) is 4.15. The smallest absolute Gasteiger partial charge is 0.251 e. The second-order valence-electron chi connectivity index (χ2n) is 5.35. The van der Waals surface area contributed by atoms with Gasteiger partial charge in [-0.05, 0) is 18.2 Å². The Balaban J connectivity index is 2.63. The fraction of sp³-hybridized carbons (Fsp3) is 0.286. The van der Waals surface area contributed by atoms with Crippen molar-refractivity contribution < 1.29 is 0 Å². The van der Waals surface area contributed by atoms with Crippen LogP contribution in [-0.2, 0) is 5.41 Å². The number of hydrogen-bond donors (Lipinski definition) is 1. The van der Waals surface area contributed by atoms with E-state index in [1.807, 2.05) is 32.9 Å². The molecule has 5 heteroatoms. The van der Waals surface area contributed by atoms with Crippen molar-refractivity contribution in [3.05, 3.63) is 49.8 Å². The molecule has 0 radical (unpaired) electrons. The Hall–Kier alpha value is -1.13. The third-order valence-corrected chi connectivity index (χ3v) is 3.50. The molecule has 0 fully saturated rings. The normalized spacial score (nSPS) is 11.6. The van der Waals surface area contributed by atoms with Crippen molar-refractivity contribution >= 4 is 27.5 Å². The van der Waals surface area contributed by atoms with Gasteiger partial charge in [0.05, 0.1) is 10.7 Å². The van der Waals surface area contributed by atoms with Crippen molar-refractivity contribution in [2.75, 3.05) is 0 Å². The van der Waals surface area contributed by atoms with Gasteiger partial charge in [0.1, 0.15) is 5.82 Å². The van der Waals surface area contributed by atoms with E-state index in [-0.39, 0.29) is 11.0 Å². The molecule has 0 aliphatic rings. The van der Waals surface area contributed by atoms with Crippen molar-refractivity contribution in [3.63, 3.8) is 0 Å². The van der Waals surface area contributed by atoms with Crippen LogP contribution in [0, 0.1) is 0 Å². The molecule has 1 aromatic heterocycles. The maximum atomic E-state index is 11.8. The van der Waals surface area contributed by atoms with Crippen LogP contribution < -0.4 is 5.56 Å². The standard InChI is InChI=1S/C14H14BrClN2O/c1-14(2,3)11-7-12(19)18-13(17-11)9-5-4-8(15)6-10(9)16/h4-7H,1-3H3,(H,17,18,19). The van der Waals surface area contributed by atoms with E-state index in [0.717, 1.165) is 10.2 Å². The van der Waals surface area contributed by atoms with Gasteiger partial charge in [0.15, 0.2) is 0 Å². The number of halogens is 2. The SMILES string of the molecule is CC(C)(C)c1cc(=O)[nH]c(-c2ccc(Br)cc2Cl)n1. The molecule has 100 valence electrons. The minimum absolute atomic E-state index is 0.172. The lowest BCUT2D eigenvalue weighted by Crippen LogP contribution is -2.19. The number of aromatic nitrogens is 2. The summed E-state index contributed by atoms with van der Waals surface area (Å²) in [5.41, 5.74) is 1.09. The molecular formula is C14H14BrClN2O. The molecular weight excluding hydrogens is 328 g/mol. The highest BCUT2D eigenvalue weighted by atomic mass is 79.9. The molecule has 2 aromatic rings. The minimum atomic E-state index is -0.190. The molecule has 0 aliphatic carbocycles. The molecule has 0 saturated carbocycles. The third-order valence-electron chi connectivity index (χ3n) is 2.70. The van der Waals surface area contributed by atoms with Gasteiger partial charge in [-0.15, -0.1) is 0 Å². The van der Waals surface area contributed by atoms with Crippen LogP contribution in [0.25, 0.3) is 11.4 Å². The lowest BCUT2D eigenvalue weighted by Gasteiger charge is -2.18. The Labute approximate surface area is 125 Å². The number of hydrogen-bond acceptors (Lipinski definition) is 2. The average molecular weight is 342 g/mol. The van der Waals surface area contributed by atoms with Crippen LogP contribution in [0.15, 0.2) is 33.5 Å². The maximum absolute atomic E-state index is 11.8. The fourth-order valence-electron chi connectivity index (χ4n) is 1.65. The Bertz CT molecular complexity index is 674. The Morgan fingerprint density at radius 2 is 1.95 bits per heavy atom. The quantitative estimate of drug-likeness (QED) is 0.847. The molecule has 0 spiro atoms. The number of rotatable bonds is 1. The lowest BCUT2D eigenvalue weighted by molar-refractivity contribution is 0.566. The Morgan fingerprint density at radius 3 is 2.53 bits per heavy atom. The lowest BCUT2D eigenvalue weighted by atomic mass is 9.92. The van der Waals surface area contributed by atoms with E-state index in [2.05, 4.69) is 25.9 Å². The first-order valence-electron chi connectivity index (χ1n) is 5.84. The largest absolute Gasteiger partial charge is 0.306 e. The Kier molecular flexibility index (Phi) is 3.83. The molecule has 19 heavy (non-hydrogen) atoms. The molecule has 1 heterocycles. The second kappa shape index (κ2) is 5.10. The van der Waals surface area contributed by atoms with Crippen molar-refractivity contribution in [3.8, 4) is 11.4 Å². The summed E-state index contributed by atoms with van der Waals surface area (Å²) in [6.07, 6.45) is 0. The van der Waals surface area contributed by atoms with Gasteiger partial charge in [-0.2, -0.15) is 0 Å². The van der Waals surface area contributed by atoms with Crippen LogP contribution in [0.3, 0.4) is 0 Å². The van der Waals surface area contributed by atoms with Gasteiger partial charge in [-0.3, -0.25) is 4.79 Å². The third kappa shape index (κ3) is 3.25. The summed E-state index contributed by atoms with van der Waals surface area (Å²) in [5, 5.41) is 0.545. The van der Waals surface area contributed by atoms with Crippen LogP contribution in [0.2, 0.25) is 5.02 Å². The second-order valence-corrected chi connectivity index (χ2v) is 6.68. The van der Waals surface area contributed by atoms with E-state index < -0.39 is 0 Å². The molecule has 1 aromatic carbocycles. The molecule has 0 aliphatic heterocycles. The van der Waals surface area contributed by atoms with E-state index in [1.54, 1.807) is 6.07 Å². The number of benzene rings is 1. The highest BCUT2D eigenvalue weighted by Crippen LogP contribution is 2.29. The summed E-state index contributed by atoms with van der Waals surface area (Å²) < 4.78 is 0.885. The first kappa shape index (κ1) is 14.3. The van der Waals surface area contributed by atoms with E-state index in [9.17, 15) is 4.79 Å². The van der Waals surface area contributed by atoms with Crippen molar-refractivity contribution in [2.24, 2.45) is 0 Å². The van der Waals surface area contributed by atoms with Gasteiger partial charge in [0, 0.05) is 21.5 Å². The summed E-state index contributed by atoms with van der Waals surface area (Å²) in [7, 11) is 0. The van der Waals surface area contributed by atoms with Gasteiger partial charge >= 0.3 is 0 Å². The van der Waals surface area contributed by atoms with Crippen molar-refractivity contribution in [1.29, 1.82) is 0 Å². The number of H-pyrrole nitrogens is 1. The number of aromatic amines is 1. The fourth-order valence-corrected chi connectivity index (χ4v) is 2.41. The van der Waals surface area contributed by atoms with Gasteiger partial charge in [0.2, 0.25) is 0 Å². The number of nitrogens with one attached hydrogen (secondary N) is 1. The van der Waals surface area contributed by atoms with Crippen LogP contribution in [0.4, 0.5) is 0 Å². The molecule has 0 unspecified atom stereocenters. The molecule has 3 nitrogen and oxygen atoms in total. The summed E-state index contributed by atoms with van der Waals surface area (Å²) in [6.45, 7) is 6.05. The van der Waals surface area contributed by atoms with Gasteiger partial charge in [-0.1, -0.05) is 48.3 Å². The van der Waals surface area contributed by atoms with Gasteiger partial charge < -0.3 is 4.98 Å². The maximum Gasteiger partial charge on any atom is 0.251 e. The van der Waals surface area contributed by atoms with Crippen LogP contribution in [0.1, 0.15) is 26.5 Å². The van der Waals surface area contributed by atoms with Gasteiger partial charge in [-0.25, -0.2) is 4.98 Å². The zero-order valence-electron chi connectivity index (χ0n) is 10.9.